The van der Waals surface area contributed by atoms with Gasteiger partial charge in [0.2, 0.25) is 5.91 Å². The molecule has 1 N–H and O–H groups in total. The third-order valence-electron chi connectivity index (χ3n) is 4.34. The third-order valence-corrected chi connectivity index (χ3v) is 4.34. The molecule has 3 rings (SSSR count). The number of hydrogen-bond donors (Lipinski definition) is 1. The number of nitrogens with zero attached hydrogens (tertiary/aromatic N) is 3. The summed E-state index contributed by atoms with van der Waals surface area (Å²) in [6.07, 6.45) is 3.33. The van der Waals surface area contributed by atoms with Gasteiger partial charge in [-0.1, -0.05) is 0 Å². The van der Waals surface area contributed by atoms with E-state index < -0.39 is 17.2 Å². The molecule has 140 valence electrons. The lowest BCUT2D eigenvalue weighted by Crippen LogP contribution is -2.44. The van der Waals surface area contributed by atoms with Gasteiger partial charge in [-0.05, 0) is 25.8 Å². The molecule has 0 radical (unpaired) electrons. The zero-order chi connectivity index (χ0) is 18.7. The Labute approximate surface area is 149 Å². The lowest BCUT2D eigenvalue weighted by atomic mass is 10.2. The molecule has 26 heavy (non-hydrogen) atoms. The Morgan fingerprint density at radius 3 is 2.96 bits per heavy atom. The van der Waals surface area contributed by atoms with Gasteiger partial charge in [0.05, 0.1) is 12.7 Å². The van der Waals surface area contributed by atoms with Gasteiger partial charge >= 0.3 is 5.69 Å². The van der Waals surface area contributed by atoms with E-state index in [9.17, 15) is 14.4 Å². The summed E-state index contributed by atoms with van der Waals surface area (Å²) in [6.45, 7) is 2.86. The first-order valence-corrected chi connectivity index (χ1v) is 8.62. The molecule has 0 aromatic carbocycles. The number of hydrogen-bond acceptors (Lipinski definition) is 6. The van der Waals surface area contributed by atoms with Crippen molar-refractivity contribution in [1.82, 2.24) is 19.4 Å². The van der Waals surface area contributed by atoms with Crippen LogP contribution >= 0.6 is 0 Å². The molecule has 0 aliphatic carbocycles. The first-order valence-electron chi connectivity index (χ1n) is 8.62. The van der Waals surface area contributed by atoms with Gasteiger partial charge in [0.1, 0.15) is 17.7 Å². The molecule has 0 spiro atoms. The molecule has 1 amide bonds. The zero-order valence-corrected chi connectivity index (χ0v) is 14.9. The third kappa shape index (κ3) is 3.48. The molecule has 1 fully saturated rings. The lowest BCUT2D eigenvalue weighted by Gasteiger charge is -2.14. The van der Waals surface area contributed by atoms with E-state index in [-0.39, 0.29) is 23.7 Å². The van der Waals surface area contributed by atoms with Crippen LogP contribution in [0.3, 0.4) is 0 Å². The summed E-state index contributed by atoms with van der Waals surface area (Å²) in [7, 11) is 1.51. The van der Waals surface area contributed by atoms with Crippen LogP contribution in [-0.4, -0.2) is 45.9 Å². The van der Waals surface area contributed by atoms with Crippen LogP contribution in [0.15, 0.2) is 21.9 Å². The highest BCUT2D eigenvalue weighted by atomic mass is 16.5. The fraction of sp³-hybridized carbons (Fsp3) is 0.529. The maximum atomic E-state index is 12.8. The zero-order valence-electron chi connectivity index (χ0n) is 14.9. The van der Waals surface area contributed by atoms with Gasteiger partial charge in [-0.15, -0.1) is 0 Å². The summed E-state index contributed by atoms with van der Waals surface area (Å²) in [5.41, 5.74) is -0.968. The topological polar surface area (TPSA) is 104 Å². The normalized spacial score (nSPS) is 16.8. The minimum atomic E-state index is -0.601. The number of pyridine rings is 1. The smallest absolute Gasteiger partial charge is 0.332 e. The van der Waals surface area contributed by atoms with Crippen molar-refractivity contribution < 1.29 is 14.3 Å². The number of nitrogens with one attached hydrogen (secondary N) is 1. The van der Waals surface area contributed by atoms with Gasteiger partial charge in [-0.2, -0.15) is 0 Å². The largest absolute Gasteiger partial charge is 0.493 e. The predicted molar refractivity (Wildman–Crippen MR) is 94.4 cm³/mol. The molecular weight excluding hydrogens is 340 g/mol. The maximum Gasteiger partial charge on any atom is 0.332 e. The van der Waals surface area contributed by atoms with Gasteiger partial charge in [-0.3, -0.25) is 14.2 Å². The van der Waals surface area contributed by atoms with Gasteiger partial charge in [0.25, 0.3) is 5.56 Å². The van der Waals surface area contributed by atoms with Crippen LogP contribution in [0.2, 0.25) is 0 Å². The Bertz CT molecular complexity index is 927. The minimum absolute atomic E-state index is 0.0103. The van der Waals surface area contributed by atoms with Gasteiger partial charge < -0.3 is 14.8 Å². The Balaban J connectivity index is 1.92. The Hall–Kier alpha value is -2.68. The summed E-state index contributed by atoms with van der Waals surface area (Å²) in [6, 6.07) is 1.57. The fourth-order valence-electron chi connectivity index (χ4n) is 3.03. The van der Waals surface area contributed by atoms with Crippen LogP contribution < -0.4 is 21.3 Å². The Morgan fingerprint density at radius 1 is 1.46 bits per heavy atom. The van der Waals surface area contributed by atoms with E-state index in [0.717, 1.165) is 17.4 Å². The van der Waals surface area contributed by atoms with E-state index in [1.165, 1.54) is 17.8 Å². The van der Waals surface area contributed by atoms with Crippen molar-refractivity contribution in [3.63, 3.8) is 0 Å². The second kappa shape index (κ2) is 7.69. The van der Waals surface area contributed by atoms with Crippen molar-refractivity contribution in [1.29, 1.82) is 0 Å². The van der Waals surface area contributed by atoms with Crippen LogP contribution in [0.4, 0.5) is 0 Å². The highest BCUT2D eigenvalue weighted by Crippen LogP contribution is 2.18. The summed E-state index contributed by atoms with van der Waals surface area (Å²) in [4.78, 5) is 41.6. The molecule has 1 atom stereocenters. The van der Waals surface area contributed by atoms with Crippen molar-refractivity contribution in [2.45, 2.75) is 32.4 Å². The summed E-state index contributed by atoms with van der Waals surface area (Å²) >= 11 is 0. The van der Waals surface area contributed by atoms with Crippen molar-refractivity contribution in [2.75, 3.05) is 19.8 Å². The second-order valence-corrected chi connectivity index (χ2v) is 6.11. The standard InChI is InChI=1S/C17H22N4O5/c1-3-25-12-6-7-18-15-14(12)16(23)21(17(24)20(15)2)10-13(22)19-9-11-5-4-8-26-11/h6-7,11H,3-5,8-10H2,1-2H3,(H,19,22)/t11-/m1/s1. The molecule has 1 saturated heterocycles. The number of carbonyl (C=O) groups is 1. The van der Waals surface area contributed by atoms with E-state index in [2.05, 4.69) is 10.3 Å². The van der Waals surface area contributed by atoms with Gasteiger partial charge in [0.15, 0.2) is 5.65 Å². The van der Waals surface area contributed by atoms with Crippen LogP contribution in [0.1, 0.15) is 19.8 Å². The lowest BCUT2D eigenvalue weighted by molar-refractivity contribution is -0.122. The quantitative estimate of drug-likeness (QED) is 0.762. The van der Waals surface area contributed by atoms with Crippen molar-refractivity contribution in [2.24, 2.45) is 7.05 Å². The SMILES string of the molecule is CCOc1ccnc2c1c(=O)n(CC(=O)NC[C@H]1CCCO1)c(=O)n2C. The molecule has 3 heterocycles. The molecule has 9 nitrogen and oxygen atoms in total. The minimum Gasteiger partial charge on any atom is -0.493 e. The van der Waals surface area contributed by atoms with Crippen molar-refractivity contribution in [3.8, 4) is 5.75 Å². The maximum absolute atomic E-state index is 12.8. The molecular formula is C17H22N4O5. The van der Waals surface area contributed by atoms with Crippen LogP contribution in [-0.2, 0) is 23.1 Å². The number of aromatic nitrogens is 3. The molecule has 0 bridgehead atoms. The Morgan fingerprint density at radius 2 is 2.27 bits per heavy atom. The van der Waals surface area contributed by atoms with E-state index in [1.807, 2.05) is 0 Å². The van der Waals surface area contributed by atoms with Crippen LogP contribution in [0.25, 0.3) is 11.0 Å². The fourth-order valence-corrected chi connectivity index (χ4v) is 3.03. The highest BCUT2D eigenvalue weighted by molar-refractivity contribution is 5.81. The van der Waals surface area contributed by atoms with Crippen LogP contribution in [0.5, 0.6) is 5.75 Å². The number of rotatable bonds is 6. The van der Waals surface area contributed by atoms with Crippen molar-refractivity contribution in [3.05, 3.63) is 33.1 Å². The molecule has 2 aromatic rings. The molecule has 9 heteroatoms. The molecule has 1 aliphatic heterocycles. The Kier molecular flexibility index (Phi) is 5.36. The van der Waals surface area contributed by atoms with E-state index >= 15 is 0 Å². The molecule has 1 aliphatic rings. The number of ether oxygens (including phenoxy) is 2. The molecule has 0 unspecified atom stereocenters. The monoisotopic (exact) mass is 362 g/mol. The van der Waals surface area contributed by atoms with Gasteiger partial charge in [-0.25, -0.2) is 14.3 Å². The second-order valence-electron chi connectivity index (χ2n) is 6.11. The number of amides is 1. The van der Waals surface area contributed by atoms with E-state index in [1.54, 1.807) is 13.0 Å². The first-order chi connectivity index (χ1) is 12.5. The van der Waals surface area contributed by atoms with Crippen molar-refractivity contribution >= 4 is 16.9 Å². The number of carbonyl (C=O) groups excluding carboxylic acids is 1. The molecule has 0 saturated carbocycles. The highest BCUT2D eigenvalue weighted by Gasteiger charge is 2.19. The number of fused-ring (bicyclic) bond motifs is 1. The number of aryl methyl sites for hydroxylation is 1. The predicted octanol–water partition coefficient (Wildman–Crippen LogP) is -0.211. The van der Waals surface area contributed by atoms with E-state index in [4.69, 9.17) is 9.47 Å². The summed E-state index contributed by atoms with van der Waals surface area (Å²) in [5.74, 6) is -0.0764. The molecule has 2 aromatic heterocycles. The average molecular weight is 362 g/mol. The van der Waals surface area contributed by atoms with Gasteiger partial charge in [0, 0.05) is 26.4 Å². The summed E-state index contributed by atoms with van der Waals surface area (Å²) in [5, 5.41) is 2.90. The van der Waals surface area contributed by atoms with E-state index in [0.29, 0.717) is 25.5 Å². The average Bonchev–Trinajstić information content (AvgIpc) is 3.15. The summed E-state index contributed by atoms with van der Waals surface area (Å²) < 4.78 is 13.1. The van der Waals surface area contributed by atoms with Crippen LogP contribution in [0, 0.1) is 0 Å². The first kappa shape index (κ1) is 18.1.